The van der Waals surface area contributed by atoms with Gasteiger partial charge in [0.25, 0.3) is 0 Å². The molecule has 0 radical (unpaired) electrons. The standard InChI is InChI=1S/C15H23NO4/c1-15(2,3)20-7-6-17-12-9-14-13(18-10-19-14)8-11(12)4-5-16/h8-9H,4-7,10,16H2,1-3H3. The summed E-state index contributed by atoms with van der Waals surface area (Å²) >= 11 is 0. The van der Waals surface area contributed by atoms with E-state index in [1.807, 2.05) is 32.9 Å². The number of hydrogen-bond donors (Lipinski definition) is 1. The minimum Gasteiger partial charge on any atom is -0.491 e. The lowest BCUT2D eigenvalue weighted by Crippen LogP contribution is -2.22. The van der Waals surface area contributed by atoms with Crippen LogP contribution in [0.25, 0.3) is 0 Å². The van der Waals surface area contributed by atoms with Gasteiger partial charge < -0.3 is 24.7 Å². The highest BCUT2D eigenvalue weighted by Gasteiger charge is 2.18. The molecule has 20 heavy (non-hydrogen) atoms. The SMILES string of the molecule is CC(C)(C)OCCOc1cc2c(cc1CCN)OCO2. The molecule has 5 heteroatoms. The minimum atomic E-state index is -0.154. The topological polar surface area (TPSA) is 62.9 Å². The highest BCUT2D eigenvalue weighted by Crippen LogP contribution is 2.38. The van der Waals surface area contributed by atoms with Crippen molar-refractivity contribution < 1.29 is 18.9 Å². The maximum Gasteiger partial charge on any atom is 0.231 e. The molecule has 0 aliphatic carbocycles. The Morgan fingerprint density at radius 2 is 1.85 bits per heavy atom. The monoisotopic (exact) mass is 281 g/mol. The van der Waals surface area contributed by atoms with Crippen LogP contribution in [0.3, 0.4) is 0 Å². The lowest BCUT2D eigenvalue weighted by Gasteiger charge is -2.20. The van der Waals surface area contributed by atoms with Gasteiger partial charge in [-0.3, -0.25) is 0 Å². The summed E-state index contributed by atoms with van der Waals surface area (Å²) in [6, 6.07) is 3.81. The summed E-state index contributed by atoms with van der Waals surface area (Å²) in [6.07, 6.45) is 0.742. The molecule has 0 bridgehead atoms. The molecule has 1 aromatic rings. The zero-order valence-electron chi connectivity index (χ0n) is 12.4. The van der Waals surface area contributed by atoms with E-state index in [4.69, 9.17) is 24.7 Å². The van der Waals surface area contributed by atoms with E-state index < -0.39 is 0 Å². The van der Waals surface area contributed by atoms with Gasteiger partial charge in [-0.05, 0) is 45.4 Å². The Morgan fingerprint density at radius 3 is 2.50 bits per heavy atom. The van der Waals surface area contributed by atoms with Crippen molar-refractivity contribution in [3.8, 4) is 17.2 Å². The fourth-order valence-electron chi connectivity index (χ4n) is 1.95. The van der Waals surface area contributed by atoms with Crippen molar-refractivity contribution >= 4 is 0 Å². The van der Waals surface area contributed by atoms with Gasteiger partial charge in [0.1, 0.15) is 12.4 Å². The molecule has 112 valence electrons. The van der Waals surface area contributed by atoms with Crippen molar-refractivity contribution in [3.63, 3.8) is 0 Å². The van der Waals surface area contributed by atoms with E-state index >= 15 is 0 Å². The normalized spacial score (nSPS) is 13.6. The summed E-state index contributed by atoms with van der Waals surface area (Å²) in [5.41, 5.74) is 6.51. The highest BCUT2D eigenvalue weighted by molar-refractivity contribution is 5.52. The Hall–Kier alpha value is -1.46. The molecule has 5 nitrogen and oxygen atoms in total. The Morgan fingerprint density at radius 1 is 1.15 bits per heavy atom. The predicted octanol–water partition coefficient (Wildman–Crippen LogP) is 2.11. The van der Waals surface area contributed by atoms with Gasteiger partial charge in [0.15, 0.2) is 11.5 Å². The number of rotatable bonds is 6. The lowest BCUT2D eigenvalue weighted by atomic mass is 10.1. The van der Waals surface area contributed by atoms with Crippen LogP contribution in [-0.4, -0.2) is 32.2 Å². The molecule has 0 spiro atoms. The van der Waals surface area contributed by atoms with Gasteiger partial charge in [-0.15, -0.1) is 0 Å². The Bertz CT molecular complexity index is 454. The second-order valence-electron chi connectivity index (χ2n) is 5.66. The number of ether oxygens (including phenoxy) is 4. The lowest BCUT2D eigenvalue weighted by molar-refractivity contribution is -0.0164. The third-order valence-corrected chi connectivity index (χ3v) is 2.85. The van der Waals surface area contributed by atoms with Crippen LogP contribution in [0.1, 0.15) is 26.3 Å². The van der Waals surface area contributed by atoms with E-state index in [9.17, 15) is 0 Å². The average molecular weight is 281 g/mol. The van der Waals surface area contributed by atoms with Crippen LogP contribution in [0.4, 0.5) is 0 Å². The number of benzene rings is 1. The Labute approximate surface area is 120 Å². The van der Waals surface area contributed by atoms with Gasteiger partial charge in [0.05, 0.1) is 12.2 Å². The summed E-state index contributed by atoms with van der Waals surface area (Å²) < 4.78 is 22.2. The van der Waals surface area contributed by atoms with Crippen molar-refractivity contribution in [2.75, 3.05) is 26.6 Å². The third kappa shape index (κ3) is 4.02. The summed E-state index contributed by atoms with van der Waals surface area (Å²) in [4.78, 5) is 0. The first-order valence-corrected chi connectivity index (χ1v) is 6.89. The van der Waals surface area contributed by atoms with Gasteiger partial charge in [0, 0.05) is 6.07 Å². The van der Waals surface area contributed by atoms with Crippen LogP contribution in [-0.2, 0) is 11.2 Å². The molecule has 0 saturated heterocycles. The fraction of sp³-hybridized carbons (Fsp3) is 0.600. The molecule has 1 aliphatic rings. The minimum absolute atomic E-state index is 0.154. The van der Waals surface area contributed by atoms with E-state index in [0.717, 1.165) is 29.2 Å². The summed E-state index contributed by atoms with van der Waals surface area (Å²) in [5, 5.41) is 0. The largest absolute Gasteiger partial charge is 0.491 e. The van der Waals surface area contributed by atoms with E-state index in [0.29, 0.717) is 19.8 Å². The quantitative estimate of drug-likeness (QED) is 0.809. The van der Waals surface area contributed by atoms with Crippen LogP contribution in [0.15, 0.2) is 12.1 Å². The average Bonchev–Trinajstić information content (AvgIpc) is 2.81. The number of nitrogens with two attached hydrogens (primary N) is 1. The summed E-state index contributed by atoms with van der Waals surface area (Å²) in [5.74, 6) is 2.27. The molecule has 0 unspecified atom stereocenters. The van der Waals surface area contributed by atoms with Crippen molar-refractivity contribution in [1.29, 1.82) is 0 Å². The first-order chi connectivity index (χ1) is 9.49. The van der Waals surface area contributed by atoms with Crippen molar-refractivity contribution in [2.45, 2.75) is 32.8 Å². The molecule has 1 aromatic carbocycles. The Balaban J connectivity index is 1.99. The van der Waals surface area contributed by atoms with E-state index in [1.165, 1.54) is 0 Å². The second-order valence-corrected chi connectivity index (χ2v) is 5.66. The maximum absolute atomic E-state index is 5.79. The molecule has 0 atom stereocenters. The number of hydrogen-bond acceptors (Lipinski definition) is 5. The molecule has 2 N–H and O–H groups in total. The maximum atomic E-state index is 5.79. The molecule has 0 saturated carbocycles. The van der Waals surface area contributed by atoms with Crippen LogP contribution in [0.5, 0.6) is 17.2 Å². The predicted molar refractivity (Wildman–Crippen MR) is 76.5 cm³/mol. The van der Waals surface area contributed by atoms with Crippen LogP contribution < -0.4 is 19.9 Å². The fourth-order valence-corrected chi connectivity index (χ4v) is 1.95. The van der Waals surface area contributed by atoms with Gasteiger partial charge in [-0.25, -0.2) is 0 Å². The van der Waals surface area contributed by atoms with Gasteiger partial charge in [-0.1, -0.05) is 0 Å². The smallest absolute Gasteiger partial charge is 0.231 e. The molecular formula is C15H23NO4. The Kier molecular flexibility index (Phi) is 4.73. The zero-order valence-corrected chi connectivity index (χ0v) is 12.4. The summed E-state index contributed by atoms with van der Waals surface area (Å²) in [6.45, 7) is 7.92. The van der Waals surface area contributed by atoms with Gasteiger partial charge in [-0.2, -0.15) is 0 Å². The first kappa shape index (κ1) is 14.9. The first-order valence-electron chi connectivity index (χ1n) is 6.89. The van der Waals surface area contributed by atoms with Crippen LogP contribution >= 0.6 is 0 Å². The van der Waals surface area contributed by atoms with E-state index in [2.05, 4.69) is 0 Å². The van der Waals surface area contributed by atoms with Crippen molar-refractivity contribution in [3.05, 3.63) is 17.7 Å². The molecule has 1 aliphatic heterocycles. The van der Waals surface area contributed by atoms with Gasteiger partial charge >= 0.3 is 0 Å². The van der Waals surface area contributed by atoms with Crippen molar-refractivity contribution in [2.24, 2.45) is 5.73 Å². The van der Waals surface area contributed by atoms with Crippen molar-refractivity contribution in [1.82, 2.24) is 0 Å². The molecular weight excluding hydrogens is 258 g/mol. The molecule has 1 heterocycles. The van der Waals surface area contributed by atoms with Crippen LogP contribution in [0, 0.1) is 0 Å². The zero-order chi connectivity index (χ0) is 14.6. The second kappa shape index (κ2) is 6.33. The third-order valence-electron chi connectivity index (χ3n) is 2.85. The molecule has 0 aromatic heterocycles. The van der Waals surface area contributed by atoms with Gasteiger partial charge in [0.2, 0.25) is 6.79 Å². The van der Waals surface area contributed by atoms with Crippen LogP contribution in [0.2, 0.25) is 0 Å². The highest BCUT2D eigenvalue weighted by atomic mass is 16.7. The number of fused-ring (bicyclic) bond motifs is 1. The van der Waals surface area contributed by atoms with E-state index in [-0.39, 0.29) is 12.4 Å². The summed E-state index contributed by atoms with van der Waals surface area (Å²) in [7, 11) is 0. The molecule has 0 amide bonds. The van der Waals surface area contributed by atoms with E-state index in [1.54, 1.807) is 0 Å². The molecule has 0 fully saturated rings. The molecule has 2 rings (SSSR count).